The van der Waals surface area contributed by atoms with E-state index in [1.165, 1.54) is 54.4 Å². The summed E-state index contributed by atoms with van der Waals surface area (Å²) in [6, 6.07) is 18.2. The second-order valence-electron chi connectivity index (χ2n) is 8.58. The molecule has 1 fully saturated rings. The lowest BCUT2D eigenvalue weighted by molar-refractivity contribution is 0.188. The molecule has 2 aromatic carbocycles. The van der Waals surface area contributed by atoms with Gasteiger partial charge in [-0.05, 0) is 53.3 Å². The van der Waals surface area contributed by atoms with Gasteiger partial charge in [0.1, 0.15) is 0 Å². The number of benzene rings is 2. The van der Waals surface area contributed by atoms with Gasteiger partial charge in [0.25, 0.3) is 0 Å². The quantitative estimate of drug-likeness (QED) is 0.655. The van der Waals surface area contributed by atoms with E-state index in [-0.39, 0.29) is 6.04 Å². The molecule has 3 aromatic rings. The van der Waals surface area contributed by atoms with E-state index >= 15 is 0 Å². The lowest BCUT2D eigenvalue weighted by Crippen LogP contribution is -2.36. The Labute approximate surface area is 172 Å². The van der Waals surface area contributed by atoms with Gasteiger partial charge < -0.3 is 0 Å². The topological polar surface area (TPSA) is 46.8 Å². The Kier molecular flexibility index (Phi) is 5.15. The van der Waals surface area contributed by atoms with Gasteiger partial charge in [-0.3, -0.25) is 4.90 Å². The molecule has 0 spiro atoms. The van der Waals surface area contributed by atoms with E-state index in [0.29, 0.717) is 6.04 Å². The second kappa shape index (κ2) is 8.07. The maximum Gasteiger partial charge on any atom is 0.173 e. The van der Waals surface area contributed by atoms with Gasteiger partial charge >= 0.3 is 0 Å². The third kappa shape index (κ3) is 3.71. The van der Waals surface area contributed by atoms with E-state index in [1.807, 2.05) is 0 Å². The minimum atomic E-state index is 0.0842. The molecule has 1 aromatic heterocycles. The number of aryl methyl sites for hydroxylation is 1. The van der Waals surface area contributed by atoms with E-state index in [0.717, 1.165) is 25.3 Å². The molecule has 0 radical (unpaired) electrons. The van der Waals surface area contributed by atoms with Crippen molar-refractivity contribution in [3.8, 4) is 0 Å². The van der Waals surface area contributed by atoms with Crippen LogP contribution < -0.4 is 0 Å². The largest absolute Gasteiger partial charge is 0.285 e. The summed E-state index contributed by atoms with van der Waals surface area (Å²) in [5, 5.41) is 13.2. The zero-order valence-electron chi connectivity index (χ0n) is 17.2. The normalized spacial score (nSPS) is 19.1. The summed E-state index contributed by atoms with van der Waals surface area (Å²) in [5.41, 5.74) is 5.45. The standard InChI is InChI=1S/C24H29N5/c1-18-11-13-20(14-12-18)23(28-16-15-19-7-5-6-8-21(19)17-28)24-25-26-27-29(24)22-9-3-2-4-10-22/h5-8,11-14,22-23H,2-4,9-10,15-17H2,1H3/t23-/m0/s1. The molecule has 1 atom stereocenters. The van der Waals surface area contributed by atoms with Crippen LogP contribution in [0, 0.1) is 6.92 Å². The van der Waals surface area contributed by atoms with Crippen LogP contribution in [0.5, 0.6) is 0 Å². The second-order valence-corrected chi connectivity index (χ2v) is 8.58. The van der Waals surface area contributed by atoms with Gasteiger partial charge in [0.15, 0.2) is 5.82 Å². The maximum atomic E-state index is 4.58. The Morgan fingerprint density at radius 3 is 2.48 bits per heavy atom. The minimum absolute atomic E-state index is 0.0842. The molecule has 0 N–H and O–H groups in total. The third-order valence-corrected chi connectivity index (χ3v) is 6.60. The van der Waals surface area contributed by atoms with Crippen LogP contribution in [0.4, 0.5) is 0 Å². The summed E-state index contributed by atoms with van der Waals surface area (Å²) in [5.74, 6) is 1.00. The van der Waals surface area contributed by atoms with Crippen LogP contribution in [0.2, 0.25) is 0 Å². The van der Waals surface area contributed by atoms with Crippen molar-refractivity contribution in [1.29, 1.82) is 0 Å². The number of fused-ring (bicyclic) bond motifs is 1. The highest BCUT2D eigenvalue weighted by Crippen LogP contribution is 2.35. The van der Waals surface area contributed by atoms with E-state index in [1.54, 1.807) is 0 Å². The Morgan fingerprint density at radius 1 is 0.931 bits per heavy atom. The average Bonchev–Trinajstić information content (AvgIpc) is 3.25. The Balaban J connectivity index is 1.54. The fourth-order valence-electron chi connectivity index (χ4n) is 4.98. The fraction of sp³-hybridized carbons (Fsp3) is 0.458. The Morgan fingerprint density at radius 2 is 1.69 bits per heavy atom. The highest BCUT2D eigenvalue weighted by molar-refractivity contribution is 5.32. The van der Waals surface area contributed by atoms with Gasteiger partial charge in [0.05, 0.1) is 12.1 Å². The lowest BCUT2D eigenvalue weighted by atomic mass is 9.93. The molecule has 5 heteroatoms. The zero-order chi connectivity index (χ0) is 19.6. The number of tetrazole rings is 1. The number of nitrogens with zero attached hydrogens (tertiary/aromatic N) is 5. The predicted octanol–water partition coefficient (Wildman–Crippen LogP) is 4.63. The summed E-state index contributed by atoms with van der Waals surface area (Å²) in [7, 11) is 0. The monoisotopic (exact) mass is 387 g/mol. The first kappa shape index (κ1) is 18.5. The highest BCUT2D eigenvalue weighted by Gasteiger charge is 2.32. The van der Waals surface area contributed by atoms with E-state index in [2.05, 4.69) is 80.6 Å². The van der Waals surface area contributed by atoms with Crippen molar-refractivity contribution in [3.63, 3.8) is 0 Å². The van der Waals surface area contributed by atoms with Crippen molar-refractivity contribution >= 4 is 0 Å². The van der Waals surface area contributed by atoms with Gasteiger partial charge in [-0.2, -0.15) is 0 Å². The molecule has 2 aliphatic rings. The first-order chi connectivity index (χ1) is 14.3. The molecule has 150 valence electrons. The van der Waals surface area contributed by atoms with Crippen molar-refractivity contribution in [2.24, 2.45) is 0 Å². The average molecular weight is 388 g/mol. The molecule has 5 rings (SSSR count). The van der Waals surface area contributed by atoms with Crippen molar-refractivity contribution in [3.05, 3.63) is 76.6 Å². The molecular weight excluding hydrogens is 358 g/mol. The molecule has 5 nitrogen and oxygen atoms in total. The summed E-state index contributed by atoms with van der Waals surface area (Å²) in [4.78, 5) is 2.55. The molecule has 0 unspecified atom stereocenters. The minimum Gasteiger partial charge on any atom is -0.285 e. The maximum absolute atomic E-state index is 4.58. The number of hydrogen-bond acceptors (Lipinski definition) is 4. The first-order valence-electron chi connectivity index (χ1n) is 10.9. The van der Waals surface area contributed by atoms with Crippen molar-refractivity contribution in [1.82, 2.24) is 25.1 Å². The highest BCUT2D eigenvalue weighted by atomic mass is 15.6. The van der Waals surface area contributed by atoms with Gasteiger partial charge in [-0.15, -0.1) is 5.10 Å². The first-order valence-corrected chi connectivity index (χ1v) is 10.9. The fourth-order valence-corrected chi connectivity index (χ4v) is 4.98. The van der Waals surface area contributed by atoms with Crippen LogP contribution >= 0.6 is 0 Å². The van der Waals surface area contributed by atoms with E-state index < -0.39 is 0 Å². The lowest BCUT2D eigenvalue weighted by Gasteiger charge is -2.36. The molecule has 0 bridgehead atoms. The Bertz CT molecular complexity index is 955. The molecule has 2 heterocycles. The van der Waals surface area contributed by atoms with Gasteiger partial charge in [0.2, 0.25) is 0 Å². The van der Waals surface area contributed by atoms with Crippen molar-refractivity contribution < 1.29 is 0 Å². The van der Waals surface area contributed by atoms with Gasteiger partial charge in [0, 0.05) is 13.1 Å². The summed E-state index contributed by atoms with van der Waals surface area (Å²) in [6.45, 7) is 4.10. The van der Waals surface area contributed by atoms with Crippen LogP contribution in [0.3, 0.4) is 0 Å². The molecule has 0 saturated heterocycles. The molecule has 29 heavy (non-hydrogen) atoms. The predicted molar refractivity (Wildman–Crippen MR) is 114 cm³/mol. The zero-order valence-corrected chi connectivity index (χ0v) is 17.2. The van der Waals surface area contributed by atoms with E-state index in [4.69, 9.17) is 0 Å². The van der Waals surface area contributed by atoms with Gasteiger partial charge in [-0.25, -0.2) is 4.68 Å². The van der Waals surface area contributed by atoms with Crippen LogP contribution in [-0.4, -0.2) is 31.7 Å². The summed E-state index contributed by atoms with van der Waals surface area (Å²) < 4.78 is 2.14. The Hall–Kier alpha value is -2.53. The molecule has 1 saturated carbocycles. The summed E-state index contributed by atoms with van der Waals surface area (Å²) in [6.07, 6.45) is 7.32. The number of aromatic nitrogens is 4. The van der Waals surface area contributed by atoms with Crippen LogP contribution in [0.15, 0.2) is 48.5 Å². The molecule has 1 aliphatic heterocycles. The molecular formula is C24H29N5. The smallest absolute Gasteiger partial charge is 0.173 e. The van der Waals surface area contributed by atoms with E-state index in [9.17, 15) is 0 Å². The molecule has 0 amide bonds. The third-order valence-electron chi connectivity index (χ3n) is 6.60. The van der Waals surface area contributed by atoms with Crippen LogP contribution in [0.25, 0.3) is 0 Å². The summed E-state index contributed by atoms with van der Waals surface area (Å²) >= 11 is 0. The van der Waals surface area contributed by atoms with Gasteiger partial charge in [-0.1, -0.05) is 73.4 Å². The SMILES string of the molecule is Cc1ccc([C@@H](c2nnnn2C2CCCCC2)N2CCc3ccccc3C2)cc1. The number of hydrogen-bond donors (Lipinski definition) is 0. The number of rotatable bonds is 4. The van der Waals surface area contributed by atoms with Crippen molar-refractivity contribution in [2.75, 3.05) is 6.54 Å². The van der Waals surface area contributed by atoms with Crippen molar-refractivity contribution in [2.45, 2.75) is 64.1 Å². The van der Waals surface area contributed by atoms with Crippen LogP contribution in [-0.2, 0) is 13.0 Å². The van der Waals surface area contributed by atoms with Crippen LogP contribution in [0.1, 0.15) is 72.3 Å². The molecule has 1 aliphatic carbocycles.